The van der Waals surface area contributed by atoms with Crippen LogP contribution < -0.4 is 0 Å². The number of nitrogens with zero attached hydrogens (tertiary/aromatic N) is 3. The van der Waals surface area contributed by atoms with E-state index in [-0.39, 0.29) is 5.82 Å². The molecule has 124 valence electrons. The molecule has 0 unspecified atom stereocenters. The third-order valence-corrected chi connectivity index (χ3v) is 3.99. The van der Waals surface area contributed by atoms with E-state index in [2.05, 4.69) is 10.1 Å². The molecule has 0 aliphatic carbocycles. The van der Waals surface area contributed by atoms with Crippen LogP contribution >= 0.6 is 11.6 Å². The Morgan fingerprint density at radius 3 is 2.71 bits per heavy atom. The van der Waals surface area contributed by atoms with Gasteiger partial charge in [-0.2, -0.15) is 4.98 Å². The molecule has 0 bridgehead atoms. The van der Waals surface area contributed by atoms with Gasteiger partial charge in [-0.05, 0) is 32.2 Å². The quantitative estimate of drug-likeness (QED) is 0.684. The molecule has 0 spiro atoms. The van der Waals surface area contributed by atoms with Gasteiger partial charge in [-0.25, -0.2) is 4.39 Å². The molecule has 2 aromatic carbocycles. The van der Waals surface area contributed by atoms with E-state index < -0.39 is 0 Å². The maximum atomic E-state index is 13.9. The van der Waals surface area contributed by atoms with Gasteiger partial charge >= 0.3 is 0 Å². The normalized spacial score (nSPS) is 11.2. The van der Waals surface area contributed by atoms with E-state index in [0.717, 1.165) is 11.1 Å². The van der Waals surface area contributed by atoms with Crippen molar-refractivity contribution in [3.05, 3.63) is 70.3 Å². The molecule has 0 saturated carbocycles. The summed E-state index contributed by atoms with van der Waals surface area (Å²) in [7, 11) is 1.85. The lowest BCUT2D eigenvalue weighted by Crippen LogP contribution is -2.18. The molecular formula is C18H17ClFN3O. The van der Waals surface area contributed by atoms with Gasteiger partial charge in [-0.1, -0.05) is 46.6 Å². The van der Waals surface area contributed by atoms with Gasteiger partial charge in [0.15, 0.2) is 0 Å². The average molecular weight is 346 g/mol. The lowest BCUT2D eigenvalue weighted by atomic mass is 10.1. The predicted molar refractivity (Wildman–Crippen MR) is 91.1 cm³/mol. The summed E-state index contributed by atoms with van der Waals surface area (Å²) in [4.78, 5) is 6.27. The Bertz CT molecular complexity index is 830. The topological polar surface area (TPSA) is 42.2 Å². The monoisotopic (exact) mass is 345 g/mol. The molecular weight excluding hydrogens is 329 g/mol. The standard InChI is InChI=1S/C18H17ClFN3O/c1-12-5-3-6-13(9-12)18-21-17(24-22-18)11-23(2)10-14-15(19)7-4-8-16(14)20/h3-9H,10-11H2,1-2H3. The first kappa shape index (κ1) is 16.6. The number of rotatable bonds is 5. The highest BCUT2D eigenvalue weighted by molar-refractivity contribution is 6.31. The third-order valence-electron chi connectivity index (χ3n) is 3.64. The van der Waals surface area contributed by atoms with Gasteiger partial charge in [0.25, 0.3) is 0 Å². The predicted octanol–water partition coefficient (Wildman–Crippen LogP) is 4.47. The minimum Gasteiger partial charge on any atom is -0.338 e. The number of hydrogen-bond acceptors (Lipinski definition) is 4. The number of aromatic nitrogens is 2. The van der Waals surface area contributed by atoms with Crippen molar-refractivity contribution in [3.63, 3.8) is 0 Å². The number of hydrogen-bond donors (Lipinski definition) is 0. The van der Waals surface area contributed by atoms with Crippen LogP contribution in [0.1, 0.15) is 17.0 Å². The fraction of sp³-hybridized carbons (Fsp3) is 0.222. The van der Waals surface area contributed by atoms with Crippen molar-refractivity contribution in [3.8, 4) is 11.4 Å². The summed E-state index contributed by atoms with van der Waals surface area (Å²) in [6, 6.07) is 12.6. The Kier molecular flexibility index (Phi) is 4.92. The summed E-state index contributed by atoms with van der Waals surface area (Å²) in [5, 5.41) is 4.42. The minimum absolute atomic E-state index is 0.319. The Hall–Kier alpha value is -2.24. The van der Waals surface area contributed by atoms with E-state index in [1.807, 2.05) is 43.1 Å². The maximum Gasteiger partial charge on any atom is 0.241 e. The van der Waals surface area contributed by atoms with Crippen LogP contribution in [-0.4, -0.2) is 22.1 Å². The molecule has 0 saturated heterocycles. The molecule has 3 aromatic rings. The Balaban J connectivity index is 1.70. The second-order valence-electron chi connectivity index (χ2n) is 5.75. The van der Waals surface area contributed by atoms with Crippen molar-refractivity contribution in [1.82, 2.24) is 15.0 Å². The SMILES string of the molecule is Cc1cccc(-c2noc(CN(C)Cc3c(F)cccc3Cl)n2)c1. The fourth-order valence-corrected chi connectivity index (χ4v) is 2.68. The molecule has 0 fully saturated rings. The largest absolute Gasteiger partial charge is 0.338 e. The van der Waals surface area contributed by atoms with Gasteiger partial charge in [0, 0.05) is 22.7 Å². The van der Waals surface area contributed by atoms with Gasteiger partial charge in [0.05, 0.1) is 6.54 Å². The first-order chi connectivity index (χ1) is 11.5. The number of aryl methyl sites for hydroxylation is 1. The van der Waals surface area contributed by atoms with Crippen molar-refractivity contribution in [1.29, 1.82) is 0 Å². The van der Waals surface area contributed by atoms with Crippen LogP contribution in [0.15, 0.2) is 47.0 Å². The second-order valence-corrected chi connectivity index (χ2v) is 6.16. The van der Waals surface area contributed by atoms with Crippen molar-refractivity contribution in [2.24, 2.45) is 0 Å². The minimum atomic E-state index is -0.319. The third kappa shape index (κ3) is 3.80. The van der Waals surface area contributed by atoms with E-state index in [0.29, 0.717) is 35.4 Å². The Morgan fingerprint density at radius 2 is 1.96 bits per heavy atom. The lowest BCUT2D eigenvalue weighted by molar-refractivity contribution is 0.258. The summed E-state index contributed by atoms with van der Waals surface area (Å²) in [6.45, 7) is 2.77. The zero-order chi connectivity index (χ0) is 17.1. The van der Waals surface area contributed by atoms with Crippen LogP contribution in [0.3, 0.4) is 0 Å². The lowest BCUT2D eigenvalue weighted by Gasteiger charge is -2.15. The van der Waals surface area contributed by atoms with E-state index in [9.17, 15) is 4.39 Å². The molecule has 4 nitrogen and oxygen atoms in total. The fourth-order valence-electron chi connectivity index (χ4n) is 2.46. The van der Waals surface area contributed by atoms with Crippen LogP contribution in [0, 0.1) is 12.7 Å². The highest BCUT2D eigenvalue weighted by atomic mass is 35.5. The van der Waals surface area contributed by atoms with Crippen LogP contribution in [-0.2, 0) is 13.1 Å². The van der Waals surface area contributed by atoms with E-state index in [1.54, 1.807) is 12.1 Å². The summed E-state index contributed by atoms with van der Waals surface area (Å²) in [5.41, 5.74) is 2.50. The van der Waals surface area contributed by atoms with Crippen LogP contribution in [0.4, 0.5) is 4.39 Å². The van der Waals surface area contributed by atoms with E-state index in [1.165, 1.54) is 6.07 Å². The highest BCUT2D eigenvalue weighted by Gasteiger charge is 2.14. The molecule has 1 heterocycles. The number of halogens is 2. The van der Waals surface area contributed by atoms with Crippen LogP contribution in [0.5, 0.6) is 0 Å². The van der Waals surface area contributed by atoms with Crippen molar-refractivity contribution < 1.29 is 8.91 Å². The molecule has 24 heavy (non-hydrogen) atoms. The molecule has 1 aromatic heterocycles. The molecule has 0 aliphatic heterocycles. The van der Waals surface area contributed by atoms with Gasteiger partial charge in [-0.3, -0.25) is 4.90 Å². The van der Waals surface area contributed by atoms with Crippen molar-refractivity contribution in [2.45, 2.75) is 20.0 Å². The Labute approximate surface area is 144 Å². The van der Waals surface area contributed by atoms with Crippen LogP contribution in [0.2, 0.25) is 5.02 Å². The smallest absolute Gasteiger partial charge is 0.241 e. The highest BCUT2D eigenvalue weighted by Crippen LogP contribution is 2.21. The first-order valence-electron chi connectivity index (χ1n) is 7.54. The molecule has 0 aliphatic rings. The van der Waals surface area contributed by atoms with Gasteiger partial charge < -0.3 is 4.52 Å². The van der Waals surface area contributed by atoms with Crippen LogP contribution in [0.25, 0.3) is 11.4 Å². The molecule has 0 N–H and O–H groups in total. The summed E-state index contributed by atoms with van der Waals surface area (Å²) < 4.78 is 19.1. The summed E-state index contributed by atoms with van der Waals surface area (Å²) >= 11 is 6.06. The molecule has 0 amide bonds. The zero-order valence-corrected chi connectivity index (χ0v) is 14.2. The summed E-state index contributed by atoms with van der Waals surface area (Å²) in [6.07, 6.45) is 0. The Morgan fingerprint density at radius 1 is 1.17 bits per heavy atom. The van der Waals surface area contributed by atoms with Gasteiger partial charge in [-0.15, -0.1) is 0 Å². The van der Waals surface area contributed by atoms with Gasteiger partial charge in [0.2, 0.25) is 11.7 Å². The molecule has 3 rings (SSSR count). The van der Waals surface area contributed by atoms with Crippen molar-refractivity contribution in [2.75, 3.05) is 7.05 Å². The summed E-state index contributed by atoms with van der Waals surface area (Å²) in [5.74, 6) is 0.702. The second kappa shape index (κ2) is 7.11. The molecule has 0 radical (unpaired) electrons. The van der Waals surface area contributed by atoms with Gasteiger partial charge in [0.1, 0.15) is 5.82 Å². The number of benzene rings is 2. The first-order valence-corrected chi connectivity index (χ1v) is 7.92. The molecule has 0 atom stereocenters. The average Bonchev–Trinajstić information content (AvgIpc) is 2.99. The molecule has 6 heteroatoms. The van der Waals surface area contributed by atoms with E-state index in [4.69, 9.17) is 16.1 Å². The maximum absolute atomic E-state index is 13.9. The van der Waals surface area contributed by atoms with Crippen molar-refractivity contribution >= 4 is 11.6 Å². The zero-order valence-electron chi connectivity index (χ0n) is 13.5. The van der Waals surface area contributed by atoms with E-state index >= 15 is 0 Å².